The number of hydrogen-bond acceptors (Lipinski definition) is 6. The van der Waals surface area contributed by atoms with Crippen LogP contribution in [0, 0.1) is 0 Å². The van der Waals surface area contributed by atoms with Gasteiger partial charge in [-0.3, -0.25) is 8.98 Å². The molecule has 1 aromatic carbocycles. The van der Waals surface area contributed by atoms with Gasteiger partial charge >= 0.3 is 5.97 Å². The second-order valence-corrected chi connectivity index (χ2v) is 5.53. The van der Waals surface area contributed by atoms with E-state index < -0.39 is 34.5 Å². The summed E-state index contributed by atoms with van der Waals surface area (Å²) in [6, 6.07) is 8.53. The van der Waals surface area contributed by atoms with Gasteiger partial charge in [0, 0.05) is 5.69 Å². The molecular formula is C12H15NO6S. The van der Waals surface area contributed by atoms with E-state index in [2.05, 4.69) is 14.2 Å². The lowest BCUT2D eigenvalue weighted by Gasteiger charge is -2.13. The number of anilines is 1. The second-order valence-electron chi connectivity index (χ2n) is 3.93. The highest BCUT2D eigenvalue weighted by Gasteiger charge is 2.27. The molecule has 1 N–H and O–H groups in total. The number of esters is 1. The van der Waals surface area contributed by atoms with Crippen LogP contribution in [0.4, 0.5) is 5.69 Å². The number of hydrogen-bond donors (Lipinski definition) is 1. The maximum Gasteiger partial charge on any atom is 0.337 e. The number of amides is 1. The van der Waals surface area contributed by atoms with Gasteiger partial charge in [0.25, 0.3) is 10.1 Å². The van der Waals surface area contributed by atoms with Gasteiger partial charge in [0.2, 0.25) is 5.91 Å². The van der Waals surface area contributed by atoms with Crippen molar-refractivity contribution in [1.82, 2.24) is 0 Å². The van der Waals surface area contributed by atoms with E-state index in [9.17, 15) is 18.0 Å². The van der Waals surface area contributed by atoms with Crippen molar-refractivity contribution in [2.24, 2.45) is 0 Å². The van der Waals surface area contributed by atoms with Crippen molar-refractivity contribution < 1.29 is 26.9 Å². The lowest BCUT2D eigenvalue weighted by Crippen LogP contribution is -2.32. The number of methoxy groups -OCH3 is 1. The van der Waals surface area contributed by atoms with Crippen LogP contribution in [0.2, 0.25) is 0 Å². The van der Waals surface area contributed by atoms with E-state index in [-0.39, 0.29) is 0 Å². The second kappa shape index (κ2) is 7.01. The molecule has 1 atom stereocenters. The Balaban J connectivity index is 2.70. The standard InChI is InChI=1S/C12H15NO6S/c1-18-12(15)10(19-20(2,16)17)8-11(14)13-9-6-4-3-5-7-9/h3-7,10H,8H2,1-2H3,(H,13,14)/t10-/m0/s1. The van der Waals surface area contributed by atoms with E-state index >= 15 is 0 Å². The van der Waals surface area contributed by atoms with Crippen molar-refractivity contribution in [3.8, 4) is 0 Å². The molecule has 20 heavy (non-hydrogen) atoms. The SMILES string of the molecule is COC(=O)[C@H](CC(=O)Nc1ccccc1)OS(C)(=O)=O. The molecular weight excluding hydrogens is 286 g/mol. The summed E-state index contributed by atoms with van der Waals surface area (Å²) < 4.78 is 31.0. The zero-order valence-corrected chi connectivity index (χ0v) is 11.8. The Morgan fingerprint density at radius 3 is 2.35 bits per heavy atom. The zero-order valence-electron chi connectivity index (χ0n) is 11.0. The quantitative estimate of drug-likeness (QED) is 0.608. The third-order valence-corrected chi connectivity index (χ3v) is 2.77. The largest absolute Gasteiger partial charge is 0.467 e. The Kier molecular flexibility index (Phi) is 5.66. The normalized spacial score (nSPS) is 12.5. The molecule has 1 rings (SSSR count). The van der Waals surface area contributed by atoms with Gasteiger partial charge < -0.3 is 10.1 Å². The molecule has 0 saturated carbocycles. The highest BCUT2D eigenvalue weighted by atomic mass is 32.2. The Bertz CT molecular complexity index is 569. The average Bonchev–Trinajstić information content (AvgIpc) is 2.36. The van der Waals surface area contributed by atoms with Crippen molar-refractivity contribution in [1.29, 1.82) is 0 Å². The number of para-hydroxylation sites is 1. The van der Waals surface area contributed by atoms with Gasteiger partial charge in [0.05, 0.1) is 19.8 Å². The molecule has 0 aliphatic rings. The van der Waals surface area contributed by atoms with E-state index in [1.807, 2.05) is 0 Å². The van der Waals surface area contributed by atoms with Crippen LogP contribution in [0.25, 0.3) is 0 Å². The molecule has 0 radical (unpaired) electrons. The summed E-state index contributed by atoms with van der Waals surface area (Å²) in [6.45, 7) is 0. The minimum absolute atomic E-state index is 0.464. The summed E-state index contributed by atoms with van der Waals surface area (Å²) >= 11 is 0. The molecule has 0 spiro atoms. The fourth-order valence-electron chi connectivity index (χ4n) is 1.40. The van der Waals surface area contributed by atoms with Crippen LogP contribution in [0.5, 0.6) is 0 Å². The highest BCUT2D eigenvalue weighted by molar-refractivity contribution is 7.86. The molecule has 0 saturated heterocycles. The molecule has 1 amide bonds. The molecule has 0 aliphatic carbocycles. The molecule has 110 valence electrons. The predicted molar refractivity (Wildman–Crippen MR) is 71.4 cm³/mol. The maximum absolute atomic E-state index is 11.7. The Morgan fingerprint density at radius 1 is 1.25 bits per heavy atom. The van der Waals surface area contributed by atoms with Crippen LogP contribution in [-0.4, -0.2) is 39.8 Å². The number of benzene rings is 1. The van der Waals surface area contributed by atoms with Crippen LogP contribution in [-0.2, 0) is 28.6 Å². The van der Waals surface area contributed by atoms with Crippen LogP contribution in [0.3, 0.4) is 0 Å². The van der Waals surface area contributed by atoms with Crippen molar-refractivity contribution in [2.45, 2.75) is 12.5 Å². The monoisotopic (exact) mass is 301 g/mol. The first kappa shape index (κ1) is 16.1. The molecule has 0 unspecified atom stereocenters. The maximum atomic E-state index is 11.7. The van der Waals surface area contributed by atoms with Crippen molar-refractivity contribution in [3.05, 3.63) is 30.3 Å². The van der Waals surface area contributed by atoms with Gasteiger partial charge in [0.1, 0.15) is 0 Å². The van der Waals surface area contributed by atoms with Crippen LogP contribution >= 0.6 is 0 Å². The summed E-state index contributed by atoms with van der Waals surface area (Å²) in [4.78, 5) is 23.1. The lowest BCUT2D eigenvalue weighted by molar-refractivity contribution is -0.150. The van der Waals surface area contributed by atoms with Gasteiger partial charge in [-0.1, -0.05) is 18.2 Å². The fourth-order valence-corrected chi connectivity index (χ4v) is 1.97. The van der Waals surface area contributed by atoms with Gasteiger partial charge in [-0.15, -0.1) is 0 Å². The van der Waals surface area contributed by atoms with Gasteiger partial charge in [0.15, 0.2) is 6.10 Å². The molecule has 0 aliphatic heterocycles. The molecule has 8 heteroatoms. The fraction of sp³-hybridized carbons (Fsp3) is 0.333. The van der Waals surface area contributed by atoms with Gasteiger partial charge in [-0.2, -0.15) is 8.42 Å². The van der Waals surface area contributed by atoms with Crippen molar-refractivity contribution in [2.75, 3.05) is 18.7 Å². The summed E-state index contributed by atoms with van der Waals surface area (Å²) in [5.41, 5.74) is 0.528. The Morgan fingerprint density at radius 2 is 1.85 bits per heavy atom. The highest BCUT2D eigenvalue weighted by Crippen LogP contribution is 2.10. The Labute approximate surface area is 117 Å². The van der Waals surface area contributed by atoms with Crippen molar-refractivity contribution >= 4 is 27.7 Å². The summed E-state index contributed by atoms with van der Waals surface area (Å²) in [5, 5.41) is 2.52. The van der Waals surface area contributed by atoms with E-state index in [0.717, 1.165) is 13.4 Å². The first-order valence-electron chi connectivity index (χ1n) is 5.63. The minimum Gasteiger partial charge on any atom is -0.467 e. The number of carbonyl (C=O) groups is 2. The first-order chi connectivity index (χ1) is 9.31. The number of ether oxygens (including phenoxy) is 1. The third kappa shape index (κ3) is 5.81. The minimum atomic E-state index is -3.88. The molecule has 0 bridgehead atoms. The molecule has 0 aromatic heterocycles. The smallest absolute Gasteiger partial charge is 0.337 e. The summed E-state index contributed by atoms with van der Waals surface area (Å²) in [5.74, 6) is -1.49. The van der Waals surface area contributed by atoms with Gasteiger partial charge in [-0.05, 0) is 12.1 Å². The first-order valence-corrected chi connectivity index (χ1v) is 7.44. The summed E-state index contributed by atoms with van der Waals surface area (Å²) in [6.07, 6.45) is -1.18. The van der Waals surface area contributed by atoms with Crippen molar-refractivity contribution in [3.63, 3.8) is 0 Å². The molecule has 0 heterocycles. The molecule has 7 nitrogen and oxygen atoms in total. The van der Waals surface area contributed by atoms with E-state index in [4.69, 9.17) is 0 Å². The molecule has 0 fully saturated rings. The van der Waals surface area contributed by atoms with E-state index in [1.54, 1.807) is 30.3 Å². The van der Waals surface area contributed by atoms with E-state index in [0.29, 0.717) is 5.69 Å². The average molecular weight is 301 g/mol. The van der Waals surface area contributed by atoms with E-state index in [1.165, 1.54) is 0 Å². The summed E-state index contributed by atoms with van der Waals surface area (Å²) in [7, 11) is -2.80. The number of carbonyl (C=O) groups excluding carboxylic acids is 2. The van der Waals surface area contributed by atoms with Crippen LogP contribution < -0.4 is 5.32 Å². The Hall–Kier alpha value is -1.93. The topological polar surface area (TPSA) is 98.8 Å². The van der Waals surface area contributed by atoms with Gasteiger partial charge in [-0.25, -0.2) is 4.79 Å². The third-order valence-electron chi connectivity index (χ3n) is 2.18. The molecule has 1 aromatic rings. The predicted octanol–water partition coefficient (Wildman–Crippen LogP) is 0.533. The number of rotatable bonds is 6. The van der Waals surface area contributed by atoms with Crippen LogP contribution in [0.15, 0.2) is 30.3 Å². The zero-order chi connectivity index (χ0) is 15.2. The van der Waals surface area contributed by atoms with Crippen LogP contribution in [0.1, 0.15) is 6.42 Å². The number of nitrogens with one attached hydrogen (secondary N) is 1. The lowest BCUT2D eigenvalue weighted by atomic mass is 10.2.